The van der Waals surface area contributed by atoms with Gasteiger partial charge in [-0.1, -0.05) is 67.8 Å². The van der Waals surface area contributed by atoms with Crippen molar-refractivity contribution in [3.8, 4) is 17.1 Å². The lowest BCUT2D eigenvalue weighted by Crippen LogP contribution is -2.14. The molecule has 0 atom stereocenters. The maximum Gasteiger partial charge on any atom is 0.295 e. The summed E-state index contributed by atoms with van der Waals surface area (Å²) in [5.74, 6) is 0.344. The Morgan fingerprint density at radius 1 is 0.933 bits per heavy atom. The Bertz CT molecular complexity index is 1230. The van der Waals surface area contributed by atoms with Crippen molar-refractivity contribution in [1.29, 1.82) is 0 Å². The third kappa shape index (κ3) is 4.37. The maximum absolute atomic E-state index is 12.9. The molecule has 0 spiro atoms. The highest BCUT2D eigenvalue weighted by Gasteiger charge is 2.20. The molecular weight excluding hydrogens is 508 g/mol. The zero-order chi connectivity index (χ0) is 21.3. The molecule has 4 aromatic rings. The van der Waals surface area contributed by atoms with Crippen LogP contribution < -0.4 is 5.32 Å². The fourth-order valence-electron chi connectivity index (χ4n) is 3.16. The lowest BCUT2D eigenvalue weighted by Gasteiger charge is -2.10. The van der Waals surface area contributed by atoms with Crippen molar-refractivity contribution < 1.29 is 4.79 Å². The molecule has 1 amide bonds. The Morgan fingerprint density at radius 2 is 1.70 bits per heavy atom. The molecule has 1 aromatic heterocycles. The van der Waals surface area contributed by atoms with Gasteiger partial charge in [0.2, 0.25) is 5.82 Å². The van der Waals surface area contributed by atoms with Crippen LogP contribution in [0.4, 0.5) is 5.69 Å². The monoisotopic (exact) mass is 524 g/mol. The lowest BCUT2D eigenvalue weighted by atomic mass is 10.1. The van der Waals surface area contributed by atoms with Crippen LogP contribution in [-0.4, -0.2) is 20.7 Å². The van der Waals surface area contributed by atoms with E-state index in [0.717, 1.165) is 31.3 Å². The summed E-state index contributed by atoms with van der Waals surface area (Å²) < 4.78 is 3.58. The van der Waals surface area contributed by atoms with E-state index in [1.165, 1.54) is 0 Å². The number of carbonyl (C=O) groups is 1. The van der Waals surface area contributed by atoms with Gasteiger partial charge in [0, 0.05) is 20.2 Å². The third-order valence-corrected chi connectivity index (χ3v) is 5.60. The Labute approximate surface area is 191 Å². The van der Waals surface area contributed by atoms with E-state index in [9.17, 15) is 4.79 Å². The van der Waals surface area contributed by atoms with Crippen molar-refractivity contribution >= 4 is 43.5 Å². The molecule has 0 saturated carbocycles. The number of aromatic nitrogens is 3. The largest absolute Gasteiger partial charge is 0.319 e. The van der Waals surface area contributed by atoms with Gasteiger partial charge in [0.05, 0.1) is 5.69 Å². The zero-order valence-corrected chi connectivity index (χ0v) is 19.5. The topological polar surface area (TPSA) is 59.8 Å². The molecule has 0 bridgehead atoms. The van der Waals surface area contributed by atoms with Crippen LogP contribution in [0, 0.1) is 13.8 Å². The molecule has 0 aliphatic heterocycles. The number of aryl methyl sites for hydroxylation is 2. The molecule has 0 saturated heterocycles. The molecule has 4 rings (SSSR count). The van der Waals surface area contributed by atoms with Gasteiger partial charge in [-0.25, -0.2) is 9.67 Å². The second kappa shape index (κ2) is 8.53. The predicted octanol–water partition coefficient (Wildman–Crippen LogP) is 6.33. The summed E-state index contributed by atoms with van der Waals surface area (Å²) in [5, 5.41) is 7.42. The van der Waals surface area contributed by atoms with Crippen LogP contribution in [0.2, 0.25) is 0 Å². The summed E-state index contributed by atoms with van der Waals surface area (Å²) in [7, 11) is 0. The number of nitrogens with one attached hydrogen (secondary N) is 1. The number of halogens is 2. The van der Waals surface area contributed by atoms with E-state index in [1.54, 1.807) is 4.68 Å². The van der Waals surface area contributed by atoms with Crippen LogP contribution in [0.1, 0.15) is 21.7 Å². The number of benzene rings is 3. The number of carbonyl (C=O) groups excluding carboxylic acids is 1. The highest BCUT2D eigenvalue weighted by Crippen LogP contribution is 2.25. The average molecular weight is 526 g/mol. The summed E-state index contributed by atoms with van der Waals surface area (Å²) in [6, 6.07) is 21.3. The van der Waals surface area contributed by atoms with E-state index in [2.05, 4.69) is 53.3 Å². The molecule has 1 heterocycles. The van der Waals surface area contributed by atoms with Crippen molar-refractivity contribution in [1.82, 2.24) is 14.8 Å². The molecule has 0 aliphatic carbocycles. The zero-order valence-electron chi connectivity index (χ0n) is 16.4. The van der Waals surface area contributed by atoms with E-state index >= 15 is 0 Å². The highest BCUT2D eigenvalue weighted by atomic mass is 79.9. The van der Waals surface area contributed by atoms with E-state index in [1.807, 2.05) is 74.5 Å². The molecule has 150 valence electrons. The molecular formula is C23H18Br2N4O. The first-order valence-corrected chi connectivity index (χ1v) is 10.9. The predicted molar refractivity (Wildman–Crippen MR) is 126 cm³/mol. The van der Waals surface area contributed by atoms with Crippen LogP contribution in [0.25, 0.3) is 17.1 Å². The van der Waals surface area contributed by atoms with Crippen LogP contribution in [0.5, 0.6) is 0 Å². The second-order valence-corrected chi connectivity index (χ2v) is 8.76. The standard InChI is InChI=1S/C23H18Br2N4O/c1-14-6-11-20(15(2)12-14)29-22(16-7-9-17(24)10-8-16)27-21(28-29)23(30)26-19-5-3-4-18(25)13-19/h3-13H,1-2H3,(H,26,30). The lowest BCUT2D eigenvalue weighted by molar-refractivity contribution is 0.101. The smallest absolute Gasteiger partial charge is 0.295 e. The van der Waals surface area contributed by atoms with Gasteiger partial charge >= 0.3 is 0 Å². The Morgan fingerprint density at radius 3 is 2.40 bits per heavy atom. The van der Waals surface area contributed by atoms with Crippen LogP contribution in [0.3, 0.4) is 0 Å². The number of anilines is 1. The summed E-state index contributed by atoms with van der Waals surface area (Å²) in [6.07, 6.45) is 0. The molecule has 0 unspecified atom stereocenters. The number of hydrogen-bond donors (Lipinski definition) is 1. The summed E-state index contributed by atoms with van der Waals surface area (Å²) in [6.45, 7) is 4.07. The minimum absolute atomic E-state index is 0.105. The first-order chi connectivity index (χ1) is 14.4. The van der Waals surface area contributed by atoms with Crippen LogP contribution >= 0.6 is 31.9 Å². The van der Waals surface area contributed by atoms with E-state index < -0.39 is 0 Å². The Hall–Kier alpha value is -2.77. The summed E-state index contributed by atoms with van der Waals surface area (Å²) in [4.78, 5) is 17.5. The van der Waals surface area contributed by atoms with Crippen molar-refractivity contribution in [2.45, 2.75) is 13.8 Å². The molecule has 0 radical (unpaired) electrons. The van der Waals surface area contributed by atoms with Gasteiger partial charge in [-0.2, -0.15) is 0 Å². The van der Waals surface area contributed by atoms with Gasteiger partial charge in [-0.05, 0) is 55.8 Å². The number of rotatable bonds is 4. The maximum atomic E-state index is 12.9. The number of hydrogen-bond acceptors (Lipinski definition) is 3. The quantitative estimate of drug-likeness (QED) is 0.338. The van der Waals surface area contributed by atoms with Gasteiger partial charge in [-0.3, -0.25) is 4.79 Å². The number of amides is 1. The Kier molecular flexibility index (Phi) is 5.83. The molecule has 30 heavy (non-hydrogen) atoms. The second-order valence-electron chi connectivity index (χ2n) is 6.93. The van der Waals surface area contributed by atoms with Crippen molar-refractivity contribution in [3.05, 3.63) is 92.6 Å². The first-order valence-electron chi connectivity index (χ1n) is 9.28. The normalized spacial score (nSPS) is 10.8. The fraction of sp³-hybridized carbons (Fsp3) is 0.0870. The summed E-state index contributed by atoms with van der Waals surface area (Å²) >= 11 is 6.88. The van der Waals surface area contributed by atoms with Gasteiger partial charge in [0.25, 0.3) is 5.91 Å². The minimum Gasteiger partial charge on any atom is -0.319 e. The summed E-state index contributed by atoms with van der Waals surface area (Å²) in [5.41, 5.74) is 4.63. The molecule has 7 heteroatoms. The molecule has 0 aliphatic rings. The van der Waals surface area contributed by atoms with E-state index in [0.29, 0.717) is 11.5 Å². The van der Waals surface area contributed by atoms with Gasteiger partial charge in [0.1, 0.15) is 0 Å². The van der Waals surface area contributed by atoms with Crippen LogP contribution in [-0.2, 0) is 0 Å². The SMILES string of the molecule is Cc1ccc(-n2nc(C(=O)Nc3cccc(Br)c3)nc2-c2ccc(Br)cc2)c(C)c1. The molecule has 5 nitrogen and oxygen atoms in total. The highest BCUT2D eigenvalue weighted by molar-refractivity contribution is 9.10. The third-order valence-electron chi connectivity index (χ3n) is 4.58. The Balaban J connectivity index is 1.79. The van der Waals surface area contributed by atoms with E-state index in [4.69, 9.17) is 0 Å². The van der Waals surface area contributed by atoms with Crippen molar-refractivity contribution in [2.24, 2.45) is 0 Å². The van der Waals surface area contributed by atoms with Gasteiger partial charge in [0.15, 0.2) is 5.82 Å². The van der Waals surface area contributed by atoms with Crippen LogP contribution in [0.15, 0.2) is 75.7 Å². The van der Waals surface area contributed by atoms with Gasteiger partial charge < -0.3 is 5.32 Å². The fourth-order valence-corrected chi connectivity index (χ4v) is 3.82. The molecule has 1 N–H and O–H groups in total. The molecule has 3 aromatic carbocycles. The molecule has 0 fully saturated rings. The van der Waals surface area contributed by atoms with Crippen molar-refractivity contribution in [3.63, 3.8) is 0 Å². The van der Waals surface area contributed by atoms with E-state index in [-0.39, 0.29) is 11.7 Å². The van der Waals surface area contributed by atoms with Crippen molar-refractivity contribution in [2.75, 3.05) is 5.32 Å². The van der Waals surface area contributed by atoms with Gasteiger partial charge in [-0.15, -0.1) is 5.10 Å². The first kappa shape index (κ1) is 20.5. The average Bonchev–Trinajstić information content (AvgIpc) is 3.14. The number of nitrogens with zero attached hydrogens (tertiary/aromatic N) is 3. The minimum atomic E-state index is -0.366.